The van der Waals surface area contributed by atoms with Crippen LogP contribution in [0.2, 0.25) is 5.02 Å². The lowest BCUT2D eigenvalue weighted by atomic mass is 10.2. The average Bonchev–Trinajstić information content (AvgIpc) is 3.28. The predicted octanol–water partition coefficient (Wildman–Crippen LogP) is 5.59. The van der Waals surface area contributed by atoms with Crippen LogP contribution in [0.25, 0.3) is 17.1 Å². The fraction of sp³-hybridized carbons (Fsp3) is 0.120. The number of rotatable bonds is 8. The van der Waals surface area contributed by atoms with Crippen LogP contribution >= 0.6 is 23.4 Å². The molecule has 1 amide bonds. The first-order valence-corrected chi connectivity index (χ1v) is 11.7. The Balaban J connectivity index is 1.56. The maximum absolute atomic E-state index is 12.5. The summed E-state index contributed by atoms with van der Waals surface area (Å²) < 4.78 is 7.44. The number of carbonyl (C=O) groups is 1. The molecule has 0 unspecified atom stereocenters. The van der Waals surface area contributed by atoms with Gasteiger partial charge >= 0.3 is 0 Å². The summed E-state index contributed by atoms with van der Waals surface area (Å²) in [6.07, 6.45) is 0.238. The van der Waals surface area contributed by atoms with Gasteiger partial charge in [0.2, 0.25) is 5.91 Å². The van der Waals surface area contributed by atoms with Crippen LogP contribution in [0.4, 0.5) is 5.69 Å². The first-order chi connectivity index (χ1) is 16.6. The highest BCUT2D eigenvalue weighted by molar-refractivity contribution is 7.99. The van der Waals surface area contributed by atoms with Gasteiger partial charge in [0.05, 0.1) is 23.9 Å². The molecule has 1 aromatic heterocycles. The molecule has 4 rings (SSSR count). The van der Waals surface area contributed by atoms with Crippen LogP contribution < -0.4 is 10.1 Å². The molecule has 0 saturated heterocycles. The van der Waals surface area contributed by atoms with Crippen molar-refractivity contribution in [2.24, 2.45) is 0 Å². The lowest BCUT2D eigenvalue weighted by Gasteiger charge is -2.12. The lowest BCUT2D eigenvalue weighted by Crippen LogP contribution is -2.13. The highest BCUT2D eigenvalue weighted by Gasteiger charge is 2.19. The third kappa shape index (κ3) is 5.22. The summed E-state index contributed by atoms with van der Waals surface area (Å²) in [7, 11) is 1.61. The van der Waals surface area contributed by atoms with Crippen LogP contribution in [-0.2, 0) is 4.79 Å². The Bertz CT molecular complexity index is 1350. The van der Waals surface area contributed by atoms with Gasteiger partial charge in [-0.1, -0.05) is 47.6 Å². The van der Waals surface area contributed by atoms with Gasteiger partial charge in [-0.25, -0.2) is 0 Å². The molecule has 170 valence electrons. The molecule has 0 atom stereocenters. The van der Waals surface area contributed by atoms with Crippen molar-refractivity contribution in [1.82, 2.24) is 14.8 Å². The van der Waals surface area contributed by atoms with Gasteiger partial charge in [0.25, 0.3) is 0 Å². The number of benzene rings is 3. The third-order valence-electron chi connectivity index (χ3n) is 4.95. The number of nitrogens with one attached hydrogen (secondary N) is 1. The summed E-state index contributed by atoms with van der Waals surface area (Å²) in [4.78, 5) is 12.5. The minimum atomic E-state index is -0.183. The van der Waals surface area contributed by atoms with Gasteiger partial charge < -0.3 is 10.1 Å². The second-order valence-corrected chi connectivity index (χ2v) is 8.62. The molecule has 0 saturated carbocycles. The van der Waals surface area contributed by atoms with Gasteiger partial charge in [-0.05, 0) is 48.5 Å². The number of nitrogens with zero attached hydrogens (tertiary/aromatic N) is 4. The van der Waals surface area contributed by atoms with Crippen molar-refractivity contribution in [2.75, 3.05) is 18.2 Å². The molecule has 3 aromatic carbocycles. The van der Waals surface area contributed by atoms with E-state index in [1.807, 2.05) is 41.0 Å². The van der Waals surface area contributed by atoms with Crippen molar-refractivity contribution in [3.63, 3.8) is 0 Å². The molecule has 1 heterocycles. The topological polar surface area (TPSA) is 92.8 Å². The van der Waals surface area contributed by atoms with Crippen LogP contribution in [-0.4, -0.2) is 33.5 Å². The van der Waals surface area contributed by atoms with E-state index in [-0.39, 0.29) is 12.3 Å². The number of methoxy groups -OCH3 is 1. The largest absolute Gasteiger partial charge is 0.496 e. The van der Waals surface area contributed by atoms with Gasteiger partial charge in [-0.3, -0.25) is 9.36 Å². The highest BCUT2D eigenvalue weighted by Crippen LogP contribution is 2.33. The molecule has 1 N–H and O–H groups in total. The maximum atomic E-state index is 12.5. The second kappa shape index (κ2) is 10.9. The third-order valence-corrected chi connectivity index (χ3v) is 6.13. The molecule has 0 radical (unpaired) electrons. The molecule has 0 bridgehead atoms. The van der Waals surface area contributed by atoms with E-state index in [1.165, 1.54) is 11.8 Å². The van der Waals surface area contributed by atoms with Crippen LogP contribution in [0.1, 0.15) is 12.0 Å². The van der Waals surface area contributed by atoms with Crippen molar-refractivity contribution < 1.29 is 9.53 Å². The molecule has 7 nitrogen and oxygen atoms in total. The number of halogens is 1. The Morgan fingerprint density at radius 2 is 1.82 bits per heavy atom. The number of hydrogen-bond acceptors (Lipinski definition) is 6. The summed E-state index contributed by atoms with van der Waals surface area (Å²) in [5.41, 5.74) is 2.56. The van der Waals surface area contributed by atoms with E-state index < -0.39 is 0 Å². The van der Waals surface area contributed by atoms with Crippen molar-refractivity contribution in [3.05, 3.63) is 83.4 Å². The molecule has 0 aliphatic heterocycles. The first-order valence-electron chi connectivity index (χ1n) is 10.4. The molecule has 0 aliphatic carbocycles. The zero-order valence-electron chi connectivity index (χ0n) is 18.2. The van der Waals surface area contributed by atoms with Crippen molar-refractivity contribution in [1.29, 1.82) is 5.26 Å². The predicted molar refractivity (Wildman–Crippen MR) is 133 cm³/mol. The van der Waals surface area contributed by atoms with Crippen LogP contribution in [0.15, 0.2) is 78.0 Å². The molecular formula is C25H20ClN5O2S. The zero-order chi connectivity index (χ0) is 23.9. The van der Waals surface area contributed by atoms with Crippen molar-refractivity contribution in [2.45, 2.75) is 11.6 Å². The average molecular weight is 490 g/mol. The number of ether oxygens (including phenoxy) is 1. The Morgan fingerprint density at radius 3 is 2.59 bits per heavy atom. The van der Waals surface area contributed by atoms with E-state index in [9.17, 15) is 10.1 Å². The second-order valence-electron chi connectivity index (χ2n) is 7.12. The van der Waals surface area contributed by atoms with Gasteiger partial charge in [0.15, 0.2) is 11.0 Å². The van der Waals surface area contributed by atoms with E-state index in [4.69, 9.17) is 16.3 Å². The van der Waals surface area contributed by atoms with Gasteiger partial charge in [0.1, 0.15) is 11.8 Å². The molecule has 4 aromatic rings. The van der Waals surface area contributed by atoms with Gasteiger partial charge in [0, 0.05) is 22.9 Å². The van der Waals surface area contributed by atoms with Crippen LogP contribution in [0, 0.1) is 11.3 Å². The number of hydrogen-bond donors (Lipinski definition) is 1. The Hall–Kier alpha value is -3.80. The fourth-order valence-electron chi connectivity index (χ4n) is 3.33. The molecular weight excluding hydrogens is 470 g/mol. The van der Waals surface area contributed by atoms with Crippen LogP contribution in [0.5, 0.6) is 5.75 Å². The SMILES string of the molecule is COc1ccccc1-c1nnc(SCCC(=O)Nc2ccccc2C#N)n1-c1ccc(Cl)cc1. The zero-order valence-corrected chi connectivity index (χ0v) is 19.8. The van der Waals surface area contributed by atoms with E-state index in [0.717, 1.165) is 11.3 Å². The molecule has 34 heavy (non-hydrogen) atoms. The van der Waals surface area contributed by atoms with Crippen LogP contribution in [0.3, 0.4) is 0 Å². The molecule has 0 fully saturated rings. The van der Waals surface area contributed by atoms with Gasteiger partial charge in [-0.2, -0.15) is 5.26 Å². The van der Waals surface area contributed by atoms with Gasteiger partial charge in [-0.15, -0.1) is 10.2 Å². The van der Waals surface area contributed by atoms with E-state index >= 15 is 0 Å². The summed E-state index contributed by atoms with van der Waals surface area (Å²) in [5.74, 6) is 1.59. The quantitative estimate of drug-likeness (QED) is 0.324. The number of nitriles is 1. The number of anilines is 1. The molecule has 9 heteroatoms. The lowest BCUT2D eigenvalue weighted by molar-refractivity contribution is -0.115. The van der Waals surface area contributed by atoms with Crippen molar-refractivity contribution >= 4 is 35.0 Å². The number of amides is 1. The summed E-state index contributed by atoms with van der Waals surface area (Å²) >= 11 is 7.51. The summed E-state index contributed by atoms with van der Waals surface area (Å²) in [6.45, 7) is 0. The van der Waals surface area contributed by atoms with E-state index in [1.54, 1.807) is 43.5 Å². The summed E-state index contributed by atoms with van der Waals surface area (Å²) in [6, 6.07) is 24.0. The summed E-state index contributed by atoms with van der Waals surface area (Å²) in [5, 5.41) is 22.1. The maximum Gasteiger partial charge on any atom is 0.225 e. The Morgan fingerprint density at radius 1 is 1.09 bits per heavy atom. The Labute approximate surface area is 206 Å². The molecule has 0 spiro atoms. The van der Waals surface area contributed by atoms with Crippen molar-refractivity contribution in [3.8, 4) is 28.9 Å². The number of thioether (sulfide) groups is 1. The molecule has 0 aliphatic rings. The smallest absolute Gasteiger partial charge is 0.225 e. The number of para-hydroxylation sites is 2. The number of carbonyl (C=O) groups excluding carboxylic acids is 1. The fourth-order valence-corrected chi connectivity index (χ4v) is 4.34. The van der Waals surface area contributed by atoms with E-state index in [2.05, 4.69) is 21.6 Å². The first kappa shape index (κ1) is 23.4. The monoisotopic (exact) mass is 489 g/mol. The highest BCUT2D eigenvalue weighted by atomic mass is 35.5. The normalized spacial score (nSPS) is 10.5. The Kier molecular flexibility index (Phi) is 7.48. The number of aromatic nitrogens is 3. The standard InChI is InChI=1S/C25H20ClN5O2S/c1-33-22-9-5-3-7-20(22)24-29-30-25(31(24)19-12-10-18(26)11-13-19)34-15-14-23(32)28-21-8-4-2-6-17(21)16-27/h2-13H,14-15H2,1H3,(H,28,32). The minimum absolute atomic E-state index is 0.183. The van der Waals surface area contributed by atoms with E-state index in [0.29, 0.717) is 38.8 Å². The minimum Gasteiger partial charge on any atom is -0.496 e.